The Kier molecular flexibility index (Phi) is 2.39. The quantitative estimate of drug-likeness (QED) is 0.688. The van der Waals surface area contributed by atoms with E-state index >= 15 is 0 Å². The summed E-state index contributed by atoms with van der Waals surface area (Å²) < 4.78 is 0. The first-order valence-corrected chi connectivity index (χ1v) is 5.90. The number of hydrogen-bond donors (Lipinski definition) is 1. The van der Waals surface area contributed by atoms with Crippen LogP contribution in [0.2, 0.25) is 0 Å². The summed E-state index contributed by atoms with van der Waals surface area (Å²) >= 11 is 0. The predicted molar refractivity (Wildman–Crippen MR) is 60.5 cm³/mol. The van der Waals surface area contributed by atoms with Crippen LogP contribution < -0.4 is 5.32 Å². The summed E-state index contributed by atoms with van der Waals surface area (Å²) in [6.07, 6.45) is 2.81. The fourth-order valence-corrected chi connectivity index (χ4v) is 2.32. The Labute approximate surface area is 88.1 Å². The molecule has 2 nitrogen and oxygen atoms in total. The van der Waals surface area contributed by atoms with Crippen LogP contribution in [0.1, 0.15) is 40.5 Å². The van der Waals surface area contributed by atoms with Gasteiger partial charge in [-0.05, 0) is 25.2 Å². The molecule has 1 saturated heterocycles. The molecule has 1 aliphatic carbocycles. The number of nitrogens with zero attached hydrogens (tertiary/aromatic N) is 1. The Hall–Kier alpha value is -0.0800. The predicted octanol–water partition coefficient (Wildman–Crippen LogP) is 1.86. The second-order valence-electron chi connectivity index (χ2n) is 6.32. The Morgan fingerprint density at radius 1 is 1.29 bits per heavy atom. The SMILES string of the molecule is CC(C)(C)C1CN(C2(C)CC2)CCN1. The molecule has 82 valence electrons. The minimum Gasteiger partial charge on any atom is -0.311 e. The first-order valence-electron chi connectivity index (χ1n) is 5.90. The van der Waals surface area contributed by atoms with Crippen molar-refractivity contribution in [3.05, 3.63) is 0 Å². The van der Waals surface area contributed by atoms with Gasteiger partial charge in [0.15, 0.2) is 0 Å². The van der Waals surface area contributed by atoms with Gasteiger partial charge < -0.3 is 5.32 Å². The van der Waals surface area contributed by atoms with E-state index in [9.17, 15) is 0 Å². The molecule has 0 amide bonds. The zero-order valence-corrected chi connectivity index (χ0v) is 10.1. The molecule has 1 unspecified atom stereocenters. The summed E-state index contributed by atoms with van der Waals surface area (Å²) in [4.78, 5) is 2.69. The van der Waals surface area contributed by atoms with E-state index in [0.717, 1.165) is 6.54 Å². The van der Waals surface area contributed by atoms with Crippen LogP contribution in [0.5, 0.6) is 0 Å². The third-order valence-corrected chi connectivity index (χ3v) is 3.96. The lowest BCUT2D eigenvalue weighted by atomic mass is 9.85. The lowest BCUT2D eigenvalue weighted by Gasteiger charge is -2.43. The van der Waals surface area contributed by atoms with Crippen molar-refractivity contribution in [3.8, 4) is 0 Å². The zero-order chi connectivity index (χ0) is 10.4. The number of hydrogen-bond acceptors (Lipinski definition) is 2. The molecule has 1 saturated carbocycles. The highest BCUT2D eigenvalue weighted by Gasteiger charge is 2.45. The molecule has 0 aromatic rings. The first-order chi connectivity index (χ1) is 6.42. The maximum Gasteiger partial charge on any atom is 0.0244 e. The van der Waals surface area contributed by atoms with E-state index in [-0.39, 0.29) is 0 Å². The number of nitrogens with one attached hydrogen (secondary N) is 1. The molecular formula is C12H24N2. The van der Waals surface area contributed by atoms with Crippen molar-refractivity contribution in [2.24, 2.45) is 5.41 Å². The fourth-order valence-electron chi connectivity index (χ4n) is 2.32. The summed E-state index contributed by atoms with van der Waals surface area (Å²) in [5.74, 6) is 0. The Bertz CT molecular complexity index is 202. The summed E-state index contributed by atoms with van der Waals surface area (Å²) in [7, 11) is 0. The van der Waals surface area contributed by atoms with Crippen molar-refractivity contribution in [1.29, 1.82) is 0 Å². The van der Waals surface area contributed by atoms with Crippen LogP contribution in [0, 0.1) is 5.41 Å². The smallest absolute Gasteiger partial charge is 0.0244 e. The summed E-state index contributed by atoms with van der Waals surface area (Å²) in [6.45, 7) is 13.1. The molecule has 0 spiro atoms. The van der Waals surface area contributed by atoms with Crippen molar-refractivity contribution >= 4 is 0 Å². The molecule has 1 aliphatic heterocycles. The minimum atomic E-state index is 0.393. The van der Waals surface area contributed by atoms with E-state index in [1.165, 1.54) is 25.9 Å². The van der Waals surface area contributed by atoms with Crippen LogP contribution in [-0.2, 0) is 0 Å². The monoisotopic (exact) mass is 196 g/mol. The molecule has 0 radical (unpaired) electrons. The normalized spacial score (nSPS) is 33.0. The Morgan fingerprint density at radius 3 is 2.43 bits per heavy atom. The number of rotatable bonds is 1. The van der Waals surface area contributed by atoms with Gasteiger partial charge in [0.25, 0.3) is 0 Å². The molecule has 2 fully saturated rings. The minimum absolute atomic E-state index is 0.393. The summed E-state index contributed by atoms with van der Waals surface area (Å²) in [5.41, 5.74) is 0.954. The van der Waals surface area contributed by atoms with Crippen molar-refractivity contribution in [3.63, 3.8) is 0 Å². The molecule has 1 atom stereocenters. The van der Waals surface area contributed by atoms with E-state index in [0.29, 0.717) is 17.0 Å². The van der Waals surface area contributed by atoms with Crippen LogP contribution >= 0.6 is 0 Å². The van der Waals surface area contributed by atoms with Crippen molar-refractivity contribution < 1.29 is 0 Å². The largest absolute Gasteiger partial charge is 0.311 e. The Morgan fingerprint density at radius 2 is 1.93 bits per heavy atom. The third-order valence-electron chi connectivity index (χ3n) is 3.96. The highest BCUT2D eigenvalue weighted by Crippen LogP contribution is 2.42. The third kappa shape index (κ3) is 1.96. The van der Waals surface area contributed by atoms with Gasteiger partial charge in [-0.3, -0.25) is 4.90 Å². The van der Waals surface area contributed by atoms with Gasteiger partial charge in [0.05, 0.1) is 0 Å². The van der Waals surface area contributed by atoms with E-state index in [1.54, 1.807) is 0 Å². The average Bonchev–Trinajstić information content (AvgIpc) is 2.84. The molecule has 1 heterocycles. The lowest BCUT2D eigenvalue weighted by molar-refractivity contribution is 0.0939. The fraction of sp³-hybridized carbons (Fsp3) is 1.00. The Balaban J connectivity index is 1.97. The first kappa shape index (κ1) is 10.4. The molecule has 2 aliphatic rings. The van der Waals surface area contributed by atoms with Crippen LogP contribution in [-0.4, -0.2) is 36.1 Å². The molecule has 2 heteroatoms. The van der Waals surface area contributed by atoms with Crippen LogP contribution in [0.3, 0.4) is 0 Å². The molecule has 2 rings (SSSR count). The van der Waals surface area contributed by atoms with Gasteiger partial charge in [-0.15, -0.1) is 0 Å². The highest BCUT2D eigenvalue weighted by atomic mass is 15.3. The lowest BCUT2D eigenvalue weighted by Crippen LogP contribution is -2.58. The molecule has 1 N–H and O–H groups in total. The van der Waals surface area contributed by atoms with E-state index in [2.05, 4.69) is 37.9 Å². The molecule has 0 aromatic heterocycles. The van der Waals surface area contributed by atoms with Crippen molar-refractivity contribution in [2.45, 2.75) is 52.1 Å². The standard InChI is InChI=1S/C12H24N2/c1-11(2,3)10-9-14(8-7-13-10)12(4)5-6-12/h10,13H,5-9H2,1-4H3. The summed E-state index contributed by atoms with van der Waals surface area (Å²) in [5, 5.41) is 3.65. The van der Waals surface area contributed by atoms with Gasteiger partial charge in [0.2, 0.25) is 0 Å². The van der Waals surface area contributed by atoms with Gasteiger partial charge >= 0.3 is 0 Å². The topological polar surface area (TPSA) is 15.3 Å². The van der Waals surface area contributed by atoms with E-state index in [1.807, 2.05) is 0 Å². The van der Waals surface area contributed by atoms with Gasteiger partial charge in [-0.2, -0.15) is 0 Å². The number of piperazine rings is 1. The van der Waals surface area contributed by atoms with E-state index < -0.39 is 0 Å². The average molecular weight is 196 g/mol. The second-order valence-corrected chi connectivity index (χ2v) is 6.32. The summed E-state index contributed by atoms with van der Waals surface area (Å²) in [6, 6.07) is 0.661. The maximum absolute atomic E-state index is 3.65. The van der Waals surface area contributed by atoms with E-state index in [4.69, 9.17) is 0 Å². The van der Waals surface area contributed by atoms with Crippen LogP contribution in [0.4, 0.5) is 0 Å². The van der Waals surface area contributed by atoms with Gasteiger partial charge in [-0.25, -0.2) is 0 Å². The van der Waals surface area contributed by atoms with Crippen LogP contribution in [0.25, 0.3) is 0 Å². The van der Waals surface area contributed by atoms with Gasteiger partial charge in [0.1, 0.15) is 0 Å². The highest BCUT2D eigenvalue weighted by molar-refractivity contribution is 5.03. The molecule has 0 bridgehead atoms. The van der Waals surface area contributed by atoms with Gasteiger partial charge in [0, 0.05) is 31.2 Å². The molecule has 0 aromatic carbocycles. The zero-order valence-electron chi connectivity index (χ0n) is 10.1. The second kappa shape index (κ2) is 3.21. The maximum atomic E-state index is 3.65. The molecule has 14 heavy (non-hydrogen) atoms. The van der Waals surface area contributed by atoms with Crippen molar-refractivity contribution in [1.82, 2.24) is 10.2 Å². The van der Waals surface area contributed by atoms with Crippen molar-refractivity contribution in [2.75, 3.05) is 19.6 Å². The molecular weight excluding hydrogens is 172 g/mol. The van der Waals surface area contributed by atoms with Gasteiger partial charge in [-0.1, -0.05) is 20.8 Å². The van der Waals surface area contributed by atoms with Crippen LogP contribution in [0.15, 0.2) is 0 Å².